The topological polar surface area (TPSA) is 49.3 Å². The minimum absolute atomic E-state index is 0. The molecule has 0 radical (unpaired) electrons. The van der Waals surface area contributed by atoms with Crippen molar-refractivity contribution in [3.8, 4) is 0 Å². The highest BCUT2D eigenvalue weighted by molar-refractivity contribution is 6.20. The highest BCUT2D eigenvalue weighted by Crippen LogP contribution is 2.04. The average molecular weight is 264 g/mol. The van der Waals surface area contributed by atoms with Crippen LogP contribution in [0.25, 0.3) is 0 Å². The van der Waals surface area contributed by atoms with Gasteiger partial charge >= 0.3 is 5.97 Å². The molecule has 0 bridgehead atoms. The number of hydrogen-bond acceptors (Lipinski definition) is 2. The number of alkyl halides is 1. The van der Waals surface area contributed by atoms with Crippen molar-refractivity contribution < 1.29 is 9.90 Å². The van der Waals surface area contributed by atoms with E-state index in [0.717, 1.165) is 5.56 Å². The molecule has 0 aliphatic heterocycles. The summed E-state index contributed by atoms with van der Waals surface area (Å²) < 4.78 is 0. The van der Waals surface area contributed by atoms with Gasteiger partial charge in [0.25, 0.3) is 0 Å². The minimum atomic E-state index is -0.883. The molecule has 5 heteroatoms. The second kappa shape index (κ2) is 7.49. The van der Waals surface area contributed by atoms with Gasteiger partial charge < -0.3 is 5.11 Å². The van der Waals surface area contributed by atoms with E-state index in [-0.39, 0.29) is 17.9 Å². The minimum Gasteiger partial charge on any atom is -0.480 e. The molecule has 2 atom stereocenters. The van der Waals surface area contributed by atoms with Gasteiger partial charge in [-0.15, -0.1) is 24.0 Å². The Kier molecular flexibility index (Phi) is 7.13. The Balaban J connectivity index is 0.00000225. The summed E-state index contributed by atoms with van der Waals surface area (Å²) in [6, 6.07) is 8.83. The molecule has 1 aromatic carbocycles. The van der Waals surface area contributed by atoms with Gasteiger partial charge in [-0.1, -0.05) is 30.3 Å². The third kappa shape index (κ3) is 5.35. The molecule has 0 spiro atoms. The zero-order valence-electron chi connectivity index (χ0n) is 8.89. The lowest BCUT2D eigenvalue weighted by atomic mass is 10.1. The number of halogens is 2. The first-order valence-electron chi connectivity index (χ1n) is 4.76. The van der Waals surface area contributed by atoms with E-state index in [4.69, 9.17) is 16.7 Å². The van der Waals surface area contributed by atoms with Crippen LogP contribution in [-0.2, 0) is 11.2 Å². The molecule has 3 nitrogen and oxygen atoms in total. The second-order valence-electron chi connectivity index (χ2n) is 3.36. The quantitative estimate of drug-likeness (QED) is 0.633. The lowest BCUT2D eigenvalue weighted by molar-refractivity contribution is -0.139. The standard InChI is InChI=1S/C11H14ClNO2.ClH/c1-8(12)13-10(11(14)15)7-9-5-3-2-4-6-9;/h2-6,8,10,13H,7H2,1H3,(H,14,15);1H. The van der Waals surface area contributed by atoms with Crippen molar-refractivity contribution in [2.45, 2.75) is 24.9 Å². The molecule has 0 aromatic heterocycles. The third-order valence-electron chi connectivity index (χ3n) is 2.01. The second-order valence-corrected chi connectivity index (χ2v) is 4.02. The highest BCUT2D eigenvalue weighted by Gasteiger charge is 2.18. The maximum atomic E-state index is 10.9. The van der Waals surface area contributed by atoms with Crippen molar-refractivity contribution in [3.63, 3.8) is 0 Å². The van der Waals surface area contributed by atoms with Crippen LogP contribution in [0.2, 0.25) is 0 Å². The van der Waals surface area contributed by atoms with Gasteiger partial charge in [-0.3, -0.25) is 10.1 Å². The molecule has 0 amide bonds. The number of benzene rings is 1. The highest BCUT2D eigenvalue weighted by atomic mass is 35.5. The fraction of sp³-hybridized carbons (Fsp3) is 0.364. The molecular formula is C11H15Cl2NO2. The smallest absolute Gasteiger partial charge is 0.321 e. The van der Waals surface area contributed by atoms with Crippen LogP contribution < -0.4 is 5.32 Å². The lowest BCUT2D eigenvalue weighted by Gasteiger charge is -2.15. The Morgan fingerprint density at radius 2 is 2.00 bits per heavy atom. The number of carboxylic acid groups (broad SMARTS) is 1. The van der Waals surface area contributed by atoms with Crippen LogP contribution in [0.4, 0.5) is 0 Å². The Bertz CT molecular complexity index is 317. The van der Waals surface area contributed by atoms with Crippen LogP contribution in [0.15, 0.2) is 30.3 Å². The monoisotopic (exact) mass is 263 g/mol. The van der Waals surface area contributed by atoms with Gasteiger partial charge in [-0.2, -0.15) is 0 Å². The van der Waals surface area contributed by atoms with Gasteiger partial charge in [0.1, 0.15) is 6.04 Å². The maximum absolute atomic E-state index is 10.9. The summed E-state index contributed by atoms with van der Waals surface area (Å²) in [4.78, 5) is 10.9. The number of aliphatic carboxylic acids is 1. The first-order chi connectivity index (χ1) is 7.09. The molecule has 90 valence electrons. The van der Waals surface area contributed by atoms with Crippen molar-refractivity contribution in [3.05, 3.63) is 35.9 Å². The van der Waals surface area contributed by atoms with E-state index >= 15 is 0 Å². The van der Waals surface area contributed by atoms with Crippen LogP contribution in [-0.4, -0.2) is 22.6 Å². The average Bonchev–Trinajstić information content (AvgIpc) is 2.17. The van der Waals surface area contributed by atoms with Crippen molar-refractivity contribution in [2.24, 2.45) is 0 Å². The van der Waals surface area contributed by atoms with Gasteiger partial charge in [0.05, 0.1) is 5.50 Å². The Morgan fingerprint density at radius 3 is 2.44 bits per heavy atom. The Morgan fingerprint density at radius 1 is 1.44 bits per heavy atom. The maximum Gasteiger partial charge on any atom is 0.321 e. The molecule has 1 rings (SSSR count). The van der Waals surface area contributed by atoms with Crippen LogP contribution in [0, 0.1) is 0 Å². The van der Waals surface area contributed by atoms with Crippen LogP contribution in [0.1, 0.15) is 12.5 Å². The summed E-state index contributed by atoms with van der Waals surface area (Å²) in [6.07, 6.45) is 0.438. The van der Waals surface area contributed by atoms with Gasteiger partial charge in [0, 0.05) is 0 Å². The number of carboxylic acids is 1. The van der Waals surface area contributed by atoms with E-state index in [0.29, 0.717) is 6.42 Å². The normalized spacial score (nSPS) is 13.6. The zero-order chi connectivity index (χ0) is 11.3. The van der Waals surface area contributed by atoms with Crippen molar-refractivity contribution in [1.82, 2.24) is 5.32 Å². The Labute approximate surface area is 106 Å². The molecule has 0 saturated carbocycles. The van der Waals surface area contributed by atoms with E-state index in [9.17, 15) is 4.79 Å². The Hall–Kier alpha value is -0.770. The number of rotatable bonds is 5. The summed E-state index contributed by atoms with van der Waals surface area (Å²) in [5.41, 5.74) is 0.629. The number of hydrogen-bond donors (Lipinski definition) is 2. The largest absolute Gasteiger partial charge is 0.480 e. The first-order valence-corrected chi connectivity index (χ1v) is 5.20. The van der Waals surface area contributed by atoms with Crippen LogP contribution >= 0.6 is 24.0 Å². The number of carbonyl (C=O) groups is 1. The van der Waals surface area contributed by atoms with E-state index in [2.05, 4.69) is 5.32 Å². The van der Waals surface area contributed by atoms with E-state index in [1.54, 1.807) is 6.92 Å². The molecule has 2 unspecified atom stereocenters. The molecule has 0 aliphatic rings. The molecule has 16 heavy (non-hydrogen) atoms. The fourth-order valence-corrected chi connectivity index (χ4v) is 1.50. The van der Waals surface area contributed by atoms with Gasteiger partial charge in [-0.25, -0.2) is 0 Å². The van der Waals surface area contributed by atoms with Crippen LogP contribution in [0.3, 0.4) is 0 Å². The van der Waals surface area contributed by atoms with E-state index < -0.39 is 12.0 Å². The fourth-order valence-electron chi connectivity index (χ4n) is 1.34. The van der Waals surface area contributed by atoms with Gasteiger partial charge in [0.2, 0.25) is 0 Å². The summed E-state index contributed by atoms with van der Waals surface area (Å²) >= 11 is 5.71. The van der Waals surface area contributed by atoms with Gasteiger partial charge in [-0.05, 0) is 18.9 Å². The van der Waals surface area contributed by atoms with Crippen molar-refractivity contribution >= 4 is 30.0 Å². The summed E-state index contributed by atoms with van der Waals surface area (Å²) in [6.45, 7) is 1.71. The zero-order valence-corrected chi connectivity index (χ0v) is 10.5. The van der Waals surface area contributed by atoms with E-state index in [1.807, 2.05) is 30.3 Å². The summed E-state index contributed by atoms with van der Waals surface area (Å²) in [5, 5.41) is 11.8. The van der Waals surface area contributed by atoms with Crippen LogP contribution in [0.5, 0.6) is 0 Å². The molecular weight excluding hydrogens is 249 g/mol. The van der Waals surface area contributed by atoms with Gasteiger partial charge in [0.15, 0.2) is 0 Å². The SMILES string of the molecule is CC(Cl)NC(Cc1ccccc1)C(=O)O.Cl. The predicted octanol–water partition coefficient (Wildman–Crippen LogP) is 2.28. The molecule has 2 N–H and O–H groups in total. The number of nitrogens with one attached hydrogen (secondary N) is 1. The molecule has 0 heterocycles. The summed E-state index contributed by atoms with van der Waals surface area (Å²) in [7, 11) is 0. The molecule has 1 aromatic rings. The van der Waals surface area contributed by atoms with Crippen molar-refractivity contribution in [1.29, 1.82) is 0 Å². The molecule has 0 saturated heterocycles. The van der Waals surface area contributed by atoms with Crippen molar-refractivity contribution in [2.75, 3.05) is 0 Å². The third-order valence-corrected chi connectivity index (χ3v) is 2.14. The first kappa shape index (κ1) is 15.2. The van der Waals surface area contributed by atoms with E-state index in [1.165, 1.54) is 0 Å². The molecule has 0 aliphatic carbocycles. The lowest BCUT2D eigenvalue weighted by Crippen LogP contribution is -2.41. The summed E-state index contributed by atoms with van der Waals surface area (Å²) in [5.74, 6) is -0.883. The molecule has 0 fully saturated rings. The predicted molar refractivity (Wildman–Crippen MR) is 67.3 cm³/mol.